The van der Waals surface area contributed by atoms with E-state index in [2.05, 4.69) is 11.8 Å². The van der Waals surface area contributed by atoms with E-state index < -0.39 is 5.82 Å². The fraction of sp³-hybridized carbons (Fsp3) is 0.200. The predicted molar refractivity (Wildman–Crippen MR) is 53.0 cm³/mol. The van der Waals surface area contributed by atoms with E-state index in [1.54, 1.807) is 6.07 Å². The van der Waals surface area contributed by atoms with Crippen LogP contribution in [0.15, 0.2) is 18.2 Å². The first-order chi connectivity index (χ1) is 6.24. The molecule has 0 amide bonds. The maximum atomic E-state index is 12.7. The molecule has 0 atom stereocenters. The zero-order chi connectivity index (χ0) is 9.68. The van der Waals surface area contributed by atoms with Crippen molar-refractivity contribution in [1.29, 1.82) is 0 Å². The Hall–Kier alpha value is -1.20. The van der Waals surface area contributed by atoms with Gasteiger partial charge in [0, 0.05) is 17.9 Å². The Labute approximate surface area is 81.7 Å². The van der Waals surface area contributed by atoms with Gasteiger partial charge in [0.05, 0.1) is 5.69 Å². The van der Waals surface area contributed by atoms with Crippen molar-refractivity contribution in [2.45, 2.75) is 6.42 Å². The van der Waals surface area contributed by atoms with E-state index in [0.29, 0.717) is 17.9 Å². The largest absolute Gasteiger partial charge is 0.396 e. The molecule has 0 spiro atoms. The van der Waals surface area contributed by atoms with E-state index in [0.717, 1.165) is 0 Å². The molecule has 0 aliphatic carbocycles. The van der Waals surface area contributed by atoms with Gasteiger partial charge in [-0.3, -0.25) is 0 Å². The summed E-state index contributed by atoms with van der Waals surface area (Å²) < 4.78 is 12.7. The fourth-order valence-corrected chi connectivity index (χ4v) is 0.928. The first-order valence-corrected chi connectivity index (χ1v) is 4.37. The third kappa shape index (κ3) is 2.96. The predicted octanol–water partition coefficient (Wildman–Crippen LogP) is 2.39. The molecule has 1 rings (SSSR count). The monoisotopic (exact) mass is 197 g/mol. The van der Waals surface area contributed by atoms with Gasteiger partial charge in [0.25, 0.3) is 0 Å². The Morgan fingerprint density at radius 2 is 2.23 bits per heavy atom. The van der Waals surface area contributed by atoms with Crippen LogP contribution < -0.4 is 5.73 Å². The fourth-order valence-electron chi connectivity index (χ4n) is 0.833. The van der Waals surface area contributed by atoms with E-state index in [1.807, 2.05) is 0 Å². The molecule has 0 saturated heterocycles. The van der Waals surface area contributed by atoms with Gasteiger partial charge in [0.15, 0.2) is 0 Å². The quantitative estimate of drug-likeness (QED) is 0.418. The Morgan fingerprint density at radius 3 is 2.85 bits per heavy atom. The van der Waals surface area contributed by atoms with E-state index in [-0.39, 0.29) is 5.69 Å². The van der Waals surface area contributed by atoms with Crippen molar-refractivity contribution in [3.63, 3.8) is 0 Å². The van der Waals surface area contributed by atoms with Crippen LogP contribution in [0.1, 0.15) is 12.0 Å². The molecular formula is C10H9ClFN. The van der Waals surface area contributed by atoms with Crippen LogP contribution in [0, 0.1) is 17.7 Å². The smallest absolute Gasteiger partial charge is 0.146 e. The number of nitrogens with two attached hydrogens (primary N) is 1. The summed E-state index contributed by atoms with van der Waals surface area (Å²) in [5.41, 5.74) is 6.19. The summed E-state index contributed by atoms with van der Waals surface area (Å²) in [7, 11) is 0. The third-order valence-corrected chi connectivity index (χ3v) is 1.64. The summed E-state index contributed by atoms with van der Waals surface area (Å²) in [6.07, 6.45) is 0.624. The van der Waals surface area contributed by atoms with Gasteiger partial charge in [-0.2, -0.15) is 0 Å². The van der Waals surface area contributed by atoms with Crippen LogP contribution in [-0.4, -0.2) is 5.88 Å². The van der Waals surface area contributed by atoms with Crippen molar-refractivity contribution < 1.29 is 4.39 Å². The normalized spacial score (nSPS) is 9.08. The van der Waals surface area contributed by atoms with Crippen molar-refractivity contribution >= 4 is 17.3 Å². The maximum absolute atomic E-state index is 12.7. The van der Waals surface area contributed by atoms with E-state index in [9.17, 15) is 4.39 Å². The third-order valence-electron chi connectivity index (χ3n) is 1.45. The van der Waals surface area contributed by atoms with Gasteiger partial charge in [-0.15, -0.1) is 11.6 Å². The van der Waals surface area contributed by atoms with Gasteiger partial charge in [0.1, 0.15) is 5.82 Å². The molecule has 1 nitrogen and oxygen atoms in total. The van der Waals surface area contributed by atoms with Crippen molar-refractivity contribution in [3.8, 4) is 11.8 Å². The molecule has 1 aromatic rings. The first kappa shape index (κ1) is 9.88. The Morgan fingerprint density at radius 1 is 1.46 bits per heavy atom. The Bertz CT molecular complexity index is 352. The molecule has 0 saturated carbocycles. The molecule has 1 aromatic carbocycles. The molecule has 2 N–H and O–H groups in total. The second-order valence-corrected chi connectivity index (χ2v) is 2.86. The highest BCUT2D eigenvalue weighted by atomic mass is 35.5. The topological polar surface area (TPSA) is 26.0 Å². The number of hydrogen-bond donors (Lipinski definition) is 1. The summed E-state index contributed by atoms with van der Waals surface area (Å²) in [5, 5.41) is 0. The summed E-state index contributed by atoms with van der Waals surface area (Å²) in [6, 6.07) is 4.41. The average molecular weight is 198 g/mol. The minimum atomic E-state index is -0.414. The van der Waals surface area contributed by atoms with Crippen LogP contribution in [0.25, 0.3) is 0 Å². The number of halogens is 2. The van der Waals surface area contributed by atoms with Gasteiger partial charge >= 0.3 is 0 Å². The van der Waals surface area contributed by atoms with Crippen LogP contribution in [0.4, 0.5) is 10.1 Å². The number of anilines is 1. The van der Waals surface area contributed by atoms with Gasteiger partial charge < -0.3 is 5.73 Å². The molecule has 3 heteroatoms. The van der Waals surface area contributed by atoms with Crippen molar-refractivity contribution in [1.82, 2.24) is 0 Å². The van der Waals surface area contributed by atoms with Crippen molar-refractivity contribution in [2.75, 3.05) is 11.6 Å². The van der Waals surface area contributed by atoms with Gasteiger partial charge in [-0.05, 0) is 18.2 Å². The first-order valence-electron chi connectivity index (χ1n) is 3.84. The summed E-state index contributed by atoms with van der Waals surface area (Å²) in [4.78, 5) is 0. The second kappa shape index (κ2) is 4.74. The van der Waals surface area contributed by atoms with E-state index in [4.69, 9.17) is 17.3 Å². The minimum absolute atomic E-state index is 0.123. The molecule has 0 aliphatic rings. The second-order valence-electron chi connectivity index (χ2n) is 2.48. The molecule has 0 radical (unpaired) electrons. The molecule has 13 heavy (non-hydrogen) atoms. The number of hydrogen-bond acceptors (Lipinski definition) is 1. The minimum Gasteiger partial charge on any atom is -0.396 e. The SMILES string of the molecule is Nc1cc(C#CCCCl)ccc1F. The van der Waals surface area contributed by atoms with Gasteiger partial charge in [0.2, 0.25) is 0 Å². The van der Waals surface area contributed by atoms with Gasteiger partial charge in [-0.1, -0.05) is 11.8 Å². The molecule has 0 aliphatic heterocycles. The lowest BCUT2D eigenvalue weighted by Crippen LogP contribution is -1.90. The number of benzene rings is 1. The van der Waals surface area contributed by atoms with Crippen LogP contribution >= 0.6 is 11.6 Å². The van der Waals surface area contributed by atoms with Crippen LogP contribution in [0.2, 0.25) is 0 Å². The highest BCUT2D eigenvalue weighted by Gasteiger charge is 1.96. The molecule has 0 unspecified atom stereocenters. The van der Waals surface area contributed by atoms with Crippen molar-refractivity contribution in [2.24, 2.45) is 0 Å². The number of nitrogen functional groups attached to an aromatic ring is 1. The molecule has 0 heterocycles. The lowest BCUT2D eigenvalue weighted by molar-refractivity contribution is 0.632. The lowest BCUT2D eigenvalue weighted by atomic mass is 10.2. The summed E-state index contributed by atoms with van der Waals surface area (Å²) in [5.74, 6) is 5.76. The molecule has 68 valence electrons. The summed E-state index contributed by atoms with van der Waals surface area (Å²) >= 11 is 5.44. The summed E-state index contributed by atoms with van der Waals surface area (Å²) in [6.45, 7) is 0. The Kier molecular flexibility index (Phi) is 3.60. The van der Waals surface area contributed by atoms with Crippen molar-refractivity contribution in [3.05, 3.63) is 29.6 Å². The molecule has 0 bridgehead atoms. The highest BCUT2D eigenvalue weighted by molar-refractivity contribution is 6.18. The Balaban J connectivity index is 2.81. The van der Waals surface area contributed by atoms with Crippen LogP contribution in [-0.2, 0) is 0 Å². The molecule has 0 fully saturated rings. The van der Waals surface area contributed by atoms with Gasteiger partial charge in [-0.25, -0.2) is 4.39 Å². The standard InChI is InChI=1S/C10H9ClFN/c11-6-2-1-3-8-4-5-9(12)10(13)7-8/h4-5,7H,2,6,13H2. The van der Waals surface area contributed by atoms with Crippen LogP contribution in [0.5, 0.6) is 0 Å². The lowest BCUT2D eigenvalue weighted by Gasteiger charge is -1.95. The highest BCUT2D eigenvalue weighted by Crippen LogP contribution is 2.10. The average Bonchev–Trinajstić information content (AvgIpc) is 2.12. The zero-order valence-electron chi connectivity index (χ0n) is 6.98. The van der Waals surface area contributed by atoms with E-state index >= 15 is 0 Å². The van der Waals surface area contributed by atoms with Crippen LogP contribution in [0.3, 0.4) is 0 Å². The zero-order valence-corrected chi connectivity index (χ0v) is 7.74. The maximum Gasteiger partial charge on any atom is 0.146 e. The number of alkyl halides is 1. The number of rotatable bonds is 1. The molecule has 0 aromatic heterocycles. The van der Waals surface area contributed by atoms with E-state index in [1.165, 1.54) is 12.1 Å². The molecular weight excluding hydrogens is 189 g/mol.